The van der Waals surface area contributed by atoms with Crippen molar-refractivity contribution in [2.75, 3.05) is 31.3 Å². The van der Waals surface area contributed by atoms with E-state index in [1.165, 1.54) is 0 Å². The average molecular weight is 295 g/mol. The van der Waals surface area contributed by atoms with E-state index in [-0.39, 0.29) is 5.97 Å². The number of esters is 1. The number of rotatable bonds is 5. The lowest BCUT2D eigenvalue weighted by Crippen LogP contribution is -2.40. The van der Waals surface area contributed by atoms with Crippen molar-refractivity contribution in [1.29, 1.82) is 0 Å². The summed E-state index contributed by atoms with van der Waals surface area (Å²) in [5, 5.41) is 4.36. The van der Waals surface area contributed by atoms with Gasteiger partial charge in [-0.15, -0.1) is 0 Å². The number of carbonyl (C=O) groups is 1. The lowest BCUT2D eigenvalue weighted by molar-refractivity contribution is 0.0517. The number of ether oxygens (including phenoxy) is 2. The summed E-state index contributed by atoms with van der Waals surface area (Å²) >= 11 is 0. The Morgan fingerprint density at radius 1 is 1.43 bits per heavy atom. The highest BCUT2D eigenvalue weighted by atomic mass is 16.5. The summed E-state index contributed by atoms with van der Waals surface area (Å²) in [5.74, 6) is 0.660. The van der Waals surface area contributed by atoms with Gasteiger partial charge in [-0.25, -0.2) is 4.79 Å². The second-order valence-corrected chi connectivity index (χ2v) is 5.27. The Labute approximate surface area is 126 Å². The van der Waals surface area contributed by atoms with E-state index in [1.807, 2.05) is 14.0 Å². The Morgan fingerprint density at radius 2 is 2.10 bits per heavy atom. The van der Waals surface area contributed by atoms with E-state index >= 15 is 0 Å². The predicted molar refractivity (Wildman–Crippen MR) is 80.8 cm³/mol. The molecule has 0 bridgehead atoms. The zero-order valence-electron chi connectivity index (χ0n) is 13.4. The van der Waals surface area contributed by atoms with Gasteiger partial charge in [0.05, 0.1) is 6.61 Å². The molecule has 1 fully saturated rings. The molecule has 0 atom stereocenters. The lowest BCUT2D eigenvalue weighted by Gasteiger charge is -2.35. The van der Waals surface area contributed by atoms with Crippen molar-refractivity contribution in [3.63, 3.8) is 0 Å². The molecule has 6 nitrogen and oxygen atoms in total. The molecule has 1 aliphatic rings. The van der Waals surface area contributed by atoms with Gasteiger partial charge >= 0.3 is 5.97 Å². The van der Waals surface area contributed by atoms with Crippen LogP contribution in [-0.2, 0) is 16.5 Å². The number of anilines is 1. The first-order valence-electron chi connectivity index (χ1n) is 7.65. The highest BCUT2D eigenvalue weighted by molar-refractivity contribution is 5.90. The Hall–Kier alpha value is -1.56. The van der Waals surface area contributed by atoms with Crippen LogP contribution in [0.5, 0.6) is 0 Å². The molecule has 1 aromatic rings. The Bertz CT molecular complexity index is 493. The quantitative estimate of drug-likeness (QED) is 0.777. The minimum absolute atomic E-state index is 0.347. The van der Waals surface area contributed by atoms with Crippen molar-refractivity contribution >= 4 is 11.8 Å². The molecule has 6 heteroatoms. The minimum Gasteiger partial charge on any atom is -0.461 e. The Morgan fingerprint density at radius 3 is 2.67 bits per heavy atom. The summed E-state index contributed by atoms with van der Waals surface area (Å²) in [4.78, 5) is 14.3. The van der Waals surface area contributed by atoms with Crippen molar-refractivity contribution in [2.24, 2.45) is 7.05 Å². The zero-order valence-corrected chi connectivity index (χ0v) is 13.4. The standard InChI is InChI=1S/C15H25N3O3/c1-5-18(12-7-9-20-10-8-12)14-11(3)13(16-17(14)4)15(19)21-6-2/h12H,5-10H2,1-4H3. The van der Waals surface area contributed by atoms with E-state index in [0.29, 0.717) is 18.3 Å². The van der Waals surface area contributed by atoms with Crippen molar-refractivity contribution in [3.05, 3.63) is 11.3 Å². The summed E-state index contributed by atoms with van der Waals surface area (Å²) in [5.41, 5.74) is 1.31. The number of nitrogens with zero attached hydrogens (tertiary/aromatic N) is 3. The lowest BCUT2D eigenvalue weighted by atomic mass is 10.1. The van der Waals surface area contributed by atoms with Crippen LogP contribution in [0.2, 0.25) is 0 Å². The topological polar surface area (TPSA) is 56.6 Å². The minimum atomic E-state index is -0.347. The van der Waals surface area contributed by atoms with Crippen molar-refractivity contribution < 1.29 is 14.3 Å². The van der Waals surface area contributed by atoms with Crippen LogP contribution in [0.15, 0.2) is 0 Å². The molecule has 0 spiro atoms. The molecule has 0 amide bonds. The van der Waals surface area contributed by atoms with E-state index < -0.39 is 0 Å². The zero-order chi connectivity index (χ0) is 15.4. The monoisotopic (exact) mass is 295 g/mol. The fourth-order valence-corrected chi connectivity index (χ4v) is 2.99. The molecule has 0 N–H and O–H groups in total. The Kier molecular flexibility index (Phi) is 5.22. The maximum absolute atomic E-state index is 12.0. The highest BCUT2D eigenvalue weighted by Crippen LogP contribution is 2.28. The number of aromatic nitrogens is 2. The molecule has 0 aromatic carbocycles. The van der Waals surface area contributed by atoms with Gasteiger partial charge in [0.25, 0.3) is 0 Å². The van der Waals surface area contributed by atoms with Gasteiger partial charge in [0.15, 0.2) is 5.69 Å². The van der Waals surface area contributed by atoms with E-state index in [0.717, 1.165) is 44.0 Å². The van der Waals surface area contributed by atoms with Crippen LogP contribution in [0.4, 0.5) is 5.82 Å². The fourth-order valence-electron chi connectivity index (χ4n) is 2.99. The Balaban J connectivity index is 2.30. The molecule has 21 heavy (non-hydrogen) atoms. The molecular weight excluding hydrogens is 270 g/mol. The average Bonchev–Trinajstić information content (AvgIpc) is 2.78. The van der Waals surface area contributed by atoms with Crippen LogP contribution in [-0.4, -0.2) is 48.2 Å². The predicted octanol–water partition coefficient (Wildman–Crippen LogP) is 1.91. The van der Waals surface area contributed by atoms with Crippen molar-refractivity contribution in [3.8, 4) is 0 Å². The molecule has 0 unspecified atom stereocenters. The largest absolute Gasteiger partial charge is 0.461 e. The number of hydrogen-bond acceptors (Lipinski definition) is 5. The van der Waals surface area contributed by atoms with Gasteiger partial charge in [0, 0.05) is 38.4 Å². The first kappa shape index (κ1) is 15.8. The third-order valence-electron chi connectivity index (χ3n) is 3.96. The molecule has 0 aliphatic carbocycles. The molecule has 1 aliphatic heterocycles. The molecule has 1 aromatic heterocycles. The van der Waals surface area contributed by atoms with Crippen LogP contribution >= 0.6 is 0 Å². The summed E-state index contributed by atoms with van der Waals surface area (Å²) in [6, 6.07) is 0.438. The molecule has 2 rings (SSSR count). The van der Waals surface area contributed by atoms with Crippen LogP contribution in [0.1, 0.15) is 42.7 Å². The van der Waals surface area contributed by atoms with E-state index in [4.69, 9.17) is 9.47 Å². The first-order valence-corrected chi connectivity index (χ1v) is 7.65. The van der Waals surface area contributed by atoms with Crippen LogP contribution in [0, 0.1) is 6.92 Å². The van der Waals surface area contributed by atoms with Gasteiger partial charge in [-0.1, -0.05) is 0 Å². The summed E-state index contributed by atoms with van der Waals surface area (Å²) in [6.45, 7) is 8.71. The third kappa shape index (κ3) is 3.20. The van der Waals surface area contributed by atoms with Crippen molar-refractivity contribution in [1.82, 2.24) is 9.78 Å². The van der Waals surface area contributed by atoms with Gasteiger partial charge in [0.1, 0.15) is 5.82 Å². The smallest absolute Gasteiger partial charge is 0.359 e. The van der Waals surface area contributed by atoms with Crippen LogP contribution in [0.25, 0.3) is 0 Å². The number of carbonyl (C=O) groups excluding carboxylic acids is 1. The molecule has 118 valence electrons. The van der Waals surface area contributed by atoms with E-state index in [1.54, 1.807) is 11.6 Å². The van der Waals surface area contributed by atoms with Gasteiger partial charge < -0.3 is 14.4 Å². The van der Waals surface area contributed by atoms with Crippen LogP contribution < -0.4 is 4.90 Å². The van der Waals surface area contributed by atoms with Crippen LogP contribution in [0.3, 0.4) is 0 Å². The molecular formula is C15H25N3O3. The number of hydrogen-bond donors (Lipinski definition) is 0. The first-order chi connectivity index (χ1) is 10.1. The molecule has 0 saturated carbocycles. The second-order valence-electron chi connectivity index (χ2n) is 5.27. The van der Waals surface area contributed by atoms with Gasteiger partial charge in [-0.2, -0.15) is 5.10 Å². The highest BCUT2D eigenvalue weighted by Gasteiger charge is 2.27. The normalized spacial score (nSPS) is 16.0. The maximum Gasteiger partial charge on any atom is 0.359 e. The SMILES string of the molecule is CCOC(=O)c1nn(C)c(N(CC)C2CCOCC2)c1C. The molecule has 0 radical (unpaired) electrons. The van der Waals surface area contributed by atoms with E-state index in [2.05, 4.69) is 16.9 Å². The molecule has 2 heterocycles. The fraction of sp³-hybridized carbons (Fsp3) is 0.733. The van der Waals surface area contributed by atoms with E-state index in [9.17, 15) is 4.79 Å². The van der Waals surface area contributed by atoms with Gasteiger partial charge in [-0.3, -0.25) is 4.68 Å². The van der Waals surface area contributed by atoms with Gasteiger partial charge in [-0.05, 0) is 33.6 Å². The summed E-state index contributed by atoms with van der Waals surface area (Å²) in [6.07, 6.45) is 2.01. The molecule has 1 saturated heterocycles. The third-order valence-corrected chi connectivity index (χ3v) is 3.96. The van der Waals surface area contributed by atoms with Crippen molar-refractivity contribution in [2.45, 2.75) is 39.7 Å². The number of aryl methyl sites for hydroxylation is 1. The second kappa shape index (κ2) is 6.93. The summed E-state index contributed by atoms with van der Waals surface area (Å²) in [7, 11) is 1.88. The maximum atomic E-state index is 12.0. The van der Waals surface area contributed by atoms with Gasteiger partial charge in [0.2, 0.25) is 0 Å². The summed E-state index contributed by atoms with van der Waals surface area (Å²) < 4.78 is 12.3.